The highest BCUT2D eigenvalue weighted by atomic mass is 79.9. The number of hydrogen-bond donors (Lipinski definition) is 1. The highest BCUT2D eigenvalue weighted by Crippen LogP contribution is 2.16. The lowest BCUT2D eigenvalue weighted by Gasteiger charge is -2.35. The Balaban J connectivity index is 0. The summed E-state index contributed by atoms with van der Waals surface area (Å²) in [5.74, 6) is 0. The van der Waals surface area contributed by atoms with Gasteiger partial charge in [-0.15, -0.1) is 0 Å². The zero-order valence-electron chi connectivity index (χ0n) is 13.7. The molecule has 2 atom stereocenters. The summed E-state index contributed by atoms with van der Waals surface area (Å²) < 4.78 is 21.3. The molecule has 0 aliphatic rings. The number of hydrogen-bond acceptors (Lipinski definition) is 1. The molecule has 20 heavy (non-hydrogen) atoms. The van der Waals surface area contributed by atoms with Crippen LogP contribution in [-0.2, 0) is 11.1 Å². The molecule has 0 fully saturated rings. The van der Waals surface area contributed by atoms with Crippen LogP contribution in [0, 0.1) is 0 Å². The molecule has 124 valence electrons. The van der Waals surface area contributed by atoms with E-state index in [0.717, 1.165) is 19.4 Å². The van der Waals surface area contributed by atoms with Gasteiger partial charge in [-0.25, -0.2) is 4.21 Å². The third-order valence-corrected chi connectivity index (χ3v) is 5.32. The van der Waals surface area contributed by atoms with Crippen LogP contribution < -0.4 is 17.0 Å². The second-order valence-electron chi connectivity index (χ2n) is 6.12. The fourth-order valence-corrected chi connectivity index (χ4v) is 3.56. The SMILES string of the molecule is CCCCCCCCCC[N+](C)(C)C(CC)S(=O)O.[Br-]. The van der Waals surface area contributed by atoms with E-state index in [9.17, 15) is 8.76 Å². The Bertz CT molecular complexity index is 250. The summed E-state index contributed by atoms with van der Waals surface area (Å²) in [5.41, 5.74) is 0. The lowest BCUT2D eigenvalue weighted by atomic mass is 10.1. The Morgan fingerprint density at radius 1 is 0.950 bits per heavy atom. The first-order chi connectivity index (χ1) is 8.95. The standard InChI is InChI=1S/C15H33NO2S.BrH/c1-5-7-8-9-10-11-12-13-14-16(3,4)15(6-2)19(17)18;/h15H,5-14H2,1-4H3;1H. The van der Waals surface area contributed by atoms with Gasteiger partial charge in [0.05, 0.1) is 20.6 Å². The van der Waals surface area contributed by atoms with E-state index in [0.29, 0.717) is 4.48 Å². The molecule has 1 N–H and O–H groups in total. The first-order valence-corrected chi connectivity index (χ1v) is 9.05. The van der Waals surface area contributed by atoms with Gasteiger partial charge in [-0.1, -0.05) is 52.4 Å². The van der Waals surface area contributed by atoms with Crippen molar-refractivity contribution < 1.29 is 30.2 Å². The molecule has 0 aromatic carbocycles. The zero-order chi connectivity index (χ0) is 14.7. The highest BCUT2D eigenvalue weighted by molar-refractivity contribution is 7.79. The van der Waals surface area contributed by atoms with Crippen LogP contribution in [0.3, 0.4) is 0 Å². The molecule has 0 aliphatic heterocycles. The Morgan fingerprint density at radius 2 is 1.40 bits per heavy atom. The number of unbranched alkanes of at least 4 members (excludes halogenated alkanes) is 7. The van der Waals surface area contributed by atoms with Crippen molar-refractivity contribution in [2.24, 2.45) is 0 Å². The second-order valence-corrected chi connectivity index (χ2v) is 7.21. The largest absolute Gasteiger partial charge is 1.00 e. The maximum Gasteiger partial charge on any atom is 0.213 e. The third kappa shape index (κ3) is 10.3. The summed E-state index contributed by atoms with van der Waals surface area (Å²) in [7, 11) is 4.15. The molecule has 0 heterocycles. The topological polar surface area (TPSA) is 37.3 Å². The van der Waals surface area contributed by atoms with E-state index >= 15 is 0 Å². The van der Waals surface area contributed by atoms with Crippen LogP contribution in [0.2, 0.25) is 0 Å². The van der Waals surface area contributed by atoms with Crippen LogP contribution in [0.25, 0.3) is 0 Å². The van der Waals surface area contributed by atoms with Gasteiger partial charge in [0, 0.05) is 6.42 Å². The minimum absolute atomic E-state index is 0. The van der Waals surface area contributed by atoms with Crippen molar-refractivity contribution in [3.8, 4) is 0 Å². The minimum atomic E-state index is -1.71. The summed E-state index contributed by atoms with van der Waals surface area (Å²) >= 11 is -1.71. The van der Waals surface area contributed by atoms with E-state index in [-0.39, 0.29) is 22.4 Å². The molecule has 0 bridgehead atoms. The summed E-state index contributed by atoms with van der Waals surface area (Å²) in [6, 6.07) is 0. The molecular formula is C15H34BrNO2S. The van der Waals surface area contributed by atoms with Crippen LogP contribution in [0.4, 0.5) is 0 Å². The Labute approximate surface area is 139 Å². The van der Waals surface area contributed by atoms with Crippen LogP contribution in [-0.4, -0.2) is 39.3 Å². The number of quaternary nitrogens is 1. The first-order valence-electron chi connectivity index (χ1n) is 7.88. The predicted octanol–water partition coefficient (Wildman–Crippen LogP) is 1.17. The Morgan fingerprint density at radius 3 is 1.80 bits per heavy atom. The molecule has 0 amide bonds. The molecular weight excluding hydrogens is 338 g/mol. The van der Waals surface area contributed by atoms with E-state index in [1.165, 1.54) is 44.9 Å². The van der Waals surface area contributed by atoms with E-state index in [4.69, 9.17) is 0 Å². The Hall–Kier alpha value is 0.550. The smallest absolute Gasteiger partial charge is 0.213 e. The fourth-order valence-electron chi connectivity index (χ4n) is 2.68. The molecule has 2 unspecified atom stereocenters. The van der Waals surface area contributed by atoms with Crippen LogP contribution >= 0.6 is 0 Å². The highest BCUT2D eigenvalue weighted by Gasteiger charge is 2.30. The minimum Gasteiger partial charge on any atom is -1.00 e. The third-order valence-electron chi connectivity index (χ3n) is 3.95. The van der Waals surface area contributed by atoms with E-state index in [1.807, 2.05) is 6.92 Å². The van der Waals surface area contributed by atoms with Crippen molar-refractivity contribution in [3.05, 3.63) is 0 Å². The number of nitrogens with zero attached hydrogens (tertiary/aromatic N) is 1. The van der Waals surface area contributed by atoms with Crippen LogP contribution in [0.15, 0.2) is 0 Å². The maximum atomic E-state index is 11.3. The van der Waals surface area contributed by atoms with Gasteiger partial charge in [0.1, 0.15) is 0 Å². The quantitative estimate of drug-likeness (QED) is 0.317. The van der Waals surface area contributed by atoms with Crippen LogP contribution in [0.1, 0.15) is 71.6 Å². The lowest BCUT2D eigenvalue weighted by Crippen LogP contribution is -3.00. The molecule has 0 saturated carbocycles. The lowest BCUT2D eigenvalue weighted by molar-refractivity contribution is -0.901. The van der Waals surface area contributed by atoms with E-state index in [2.05, 4.69) is 21.0 Å². The van der Waals surface area contributed by atoms with Crippen molar-refractivity contribution in [1.29, 1.82) is 0 Å². The van der Waals surface area contributed by atoms with E-state index in [1.54, 1.807) is 0 Å². The predicted molar refractivity (Wildman–Crippen MR) is 84.4 cm³/mol. The van der Waals surface area contributed by atoms with Gasteiger partial charge in [0.15, 0.2) is 5.37 Å². The normalized spacial score (nSPS) is 14.7. The molecule has 0 saturated heterocycles. The van der Waals surface area contributed by atoms with Crippen molar-refractivity contribution in [1.82, 2.24) is 0 Å². The summed E-state index contributed by atoms with van der Waals surface area (Å²) in [4.78, 5) is 0. The molecule has 0 radical (unpaired) electrons. The molecule has 3 nitrogen and oxygen atoms in total. The number of rotatable bonds is 12. The van der Waals surface area contributed by atoms with E-state index < -0.39 is 11.1 Å². The Kier molecular flexibility index (Phi) is 15.1. The summed E-state index contributed by atoms with van der Waals surface area (Å²) in [6.07, 6.45) is 11.2. The van der Waals surface area contributed by atoms with Gasteiger partial charge in [-0.05, 0) is 12.8 Å². The average molecular weight is 372 g/mol. The van der Waals surface area contributed by atoms with Gasteiger partial charge in [-0.2, -0.15) is 0 Å². The van der Waals surface area contributed by atoms with Gasteiger partial charge in [0.25, 0.3) is 0 Å². The first kappa shape index (κ1) is 22.8. The number of halogens is 1. The van der Waals surface area contributed by atoms with Gasteiger partial charge in [0.2, 0.25) is 11.1 Å². The molecule has 5 heteroatoms. The van der Waals surface area contributed by atoms with Gasteiger partial charge < -0.3 is 26.0 Å². The monoisotopic (exact) mass is 371 g/mol. The molecule has 0 aromatic heterocycles. The van der Waals surface area contributed by atoms with Crippen molar-refractivity contribution in [3.63, 3.8) is 0 Å². The van der Waals surface area contributed by atoms with Crippen LogP contribution in [0.5, 0.6) is 0 Å². The van der Waals surface area contributed by atoms with Crippen molar-refractivity contribution in [2.75, 3.05) is 20.6 Å². The van der Waals surface area contributed by atoms with Crippen molar-refractivity contribution in [2.45, 2.75) is 77.0 Å². The van der Waals surface area contributed by atoms with Crippen molar-refractivity contribution >= 4 is 11.1 Å². The summed E-state index contributed by atoms with van der Waals surface area (Å²) in [5, 5.41) is -0.149. The molecule has 0 aliphatic carbocycles. The molecule has 0 aromatic rings. The van der Waals surface area contributed by atoms with Gasteiger partial charge >= 0.3 is 0 Å². The van der Waals surface area contributed by atoms with Gasteiger partial charge in [-0.3, -0.25) is 0 Å². The average Bonchev–Trinajstić information content (AvgIpc) is 2.32. The fraction of sp³-hybridized carbons (Fsp3) is 1.00. The molecule has 0 spiro atoms. The zero-order valence-corrected chi connectivity index (χ0v) is 16.1. The maximum absolute atomic E-state index is 11.3. The second kappa shape index (κ2) is 13.2. The molecule has 0 rings (SSSR count). The summed E-state index contributed by atoms with van der Waals surface area (Å²) in [6.45, 7) is 5.24.